The fourth-order valence-electron chi connectivity index (χ4n) is 2.81. The van der Waals surface area contributed by atoms with E-state index in [2.05, 4.69) is 25.2 Å². The quantitative estimate of drug-likeness (QED) is 0.879. The van der Waals surface area contributed by atoms with Gasteiger partial charge in [0.2, 0.25) is 5.91 Å². The van der Waals surface area contributed by atoms with E-state index in [9.17, 15) is 4.79 Å². The van der Waals surface area contributed by atoms with Crippen molar-refractivity contribution in [2.45, 2.75) is 39.2 Å². The minimum Gasteiger partial charge on any atom is -0.496 e. The van der Waals surface area contributed by atoms with E-state index in [1.165, 1.54) is 0 Å². The molecule has 1 aromatic carbocycles. The Balaban J connectivity index is 2.01. The van der Waals surface area contributed by atoms with Crippen LogP contribution in [0, 0.1) is 11.8 Å². The molecule has 1 N–H and O–H groups in total. The number of hydrogen-bond donors (Lipinski definition) is 1. The zero-order valence-corrected chi connectivity index (χ0v) is 13.8. The normalized spacial score (nSPS) is 19.7. The van der Waals surface area contributed by atoms with Crippen LogP contribution in [0.15, 0.2) is 24.3 Å². The third kappa shape index (κ3) is 4.47. The molecule has 2 atom stereocenters. The van der Waals surface area contributed by atoms with Gasteiger partial charge in [0, 0.05) is 12.6 Å². The molecule has 1 saturated heterocycles. The van der Waals surface area contributed by atoms with Gasteiger partial charge in [-0.2, -0.15) is 0 Å². The molecule has 1 aromatic rings. The summed E-state index contributed by atoms with van der Waals surface area (Å²) in [5, 5.41) is 3.21. The van der Waals surface area contributed by atoms with Crippen LogP contribution in [0.4, 0.5) is 0 Å². The Morgan fingerprint density at radius 1 is 1.41 bits per heavy atom. The number of carbonyl (C=O) groups excluding carboxylic acids is 1. The molecule has 4 heteroatoms. The summed E-state index contributed by atoms with van der Waals surface area (Å²) >= 11 is 0. The first-order valence-electron chi connectivity index (χ1n) is 8.11. The molecule has 0 aliphatic carbocycles. The van der Waals surface area contributed by atoms with Crippen molar-refractivity contribution in [3.8, 4) is 5.75 Å². The lowest BCUT2D eigenvalue weighted by Gasteiger charge is -2.27. The Morgan fingerprint density at radius 3 is 2.82 bits per heavy atom. The first-order valence-corrected chi connectivity index (χ1v) is 8.11. The van der Waals surface area contributed by atoms with Crippen LogP contribution in [-0.2, 0) is 16.0 Å². The Kier molecular flexibility index (Phi) is 6.25. The summed E-state index contributed by atoms with van der Waals surface area (Å²) in [7, 11) is 1.68. The van der Waals surface area contributed by atoms with Crippen LogP contribution in [0.5, 0.6) is 5.75 Å². The van der Waals surface area contributed by atoms with E-state index in [-0.39, 0.29) is 17.9 Å². The van der Waals surface area contributed by atoms with Crippen LogP contribution in [-0.4, -0.2) is 32.3 Å². The van der Waals surface area contributed by atoms with E-state index in [0.29, 0.717) is 12.5 Å². The first kappa shape index (κ1) is 16.8. The second-order valence-electron chi connectivity index (χ2n) is 6.29. The molecule has 4 nitrogen and oxygen atoms in total. The standard InChI is InChI=1S/C18H27NO3/c1-13(2)16(11-14-7-4-5-9-17(14)21-3)19-18(20)15-8-6-10-22-12-15/h4-5,7,9,13,15-16H,6,8,10-12H2,1-3H3,(H,19,20). The fourth-order valence-corrected chi connectivity index (χ4v) is 2.81. The summed E-state index contributed by atoms with van der Waals surface area (Å²) in [5.74, 6) is 1.35. The maximum atomic E-state index is 12.4. The van der Waals surface area contributed by atoms with Crippen molar-refractivity contribution in [1.82, 2.24) is 5.32 Å². The van der Waals surface area contributed by atoms with Gasteiger partial charge in [0.05, 0.1) is 19.6 Å². The molecule has 0 saturated carbocycles. The topological polar surface area (TPSA) is 47.6 Å². The highest BCUT2D eigenvalue weighted by Gasteiger charge is 2.25. The van der Waals surface area contributed by atoms with E-state index >= 15 is 0 Å². The zero-order chi connectivity index (χ0) is 15.9. The molecule has 0 spiro atoms. The van der Waals surface area contributed by atoms with Crippen molar-refractivity contribution in [3.05, 3.63) is 29.8 Å². The SMILES string of the molecule is COc1ccccc1CC(NC(=O)C1CCCOC1)C(C)C. The molecule has 1 aliphatic rings. The summed E-state index contributed by atoms with van der Waals surface area (Å²) in [5.41, 5.74) is 1.13. The largest absolute Gasteiger partial charge is 0.496 e. The minimum atomic E-state index is -0.00679. The molecule has 1 amide bonds. The molecule has 2 unspecified atom stereocenters. The molecule has 1 fully saturated rings. The van der Waals surface area contributed by atoms with E-state index in [1.54, 1.807) is 7.11 Å². The number of nitrogens with one attached hydrogen (secondary N) is 1. The summed E-state index contributed by atoms with van der Waals surface area (Å²) in [4.78, 5) is 12.4. The lowest BCUT2D eigenvalue weighted by atomic mass is 9.94. The second-order valence-corrected chi connectivity index (χ2v) is 6.29. The monoisotopic (exact) mass is 305 g/mol. The minimum absolute atomic E-state index is 0.00679. The number of hydrogen-bond acceptors (Lipinski definition) is 3. The van der Waals surface area contributed by atoms with Gasteiger partial charge in [-0.1, -0.05) is 32.0 Å². The van der Waals surface area contributed by atoms with Gasteiger partial charge >= 0.3 is 0 Å². The molecule has 0 aromatic heterocycles. The second kappa shape index (κ2) is 8.18. The average molecular weight is 305 g/mol. The third-order valence-corrected chi connectivity index (χ3v) is 4.30. The van der Waals surface area contributed by atoms with Gasteiger partial charge in [-0.3, -0.25) is 4.79 Å². The highest BCUT2D eigenvalue weighted by molar-refractivity contribution is 5.79. The van der Waals surface area contributed by atoms with Crippen molar-refractivity contribution < 1.29 is 14.3 Å². The number of amides is 1. The van der Waals surface area contributed by atoms with Gasteiger partial charge < -0.3 is 14.8 Å². The van der Waals surface area contributed by atoms with Crippen molar-refractivity contribution in [2.24, 2.45) is 11.8 Å². The van der Waals surface area contributed by atoms with E-state index in [4.69, 9.17) is 9.47 Å². The van der Waals surface area contributed by atoms with Gasteiger partial charge in [-0.05, 0) is 36.8 Å². The number of para-hydroxylation sites is 1. The van der Waals surface area contributed by atoms with Crippen molar-refractivity contribution in [1.29, 1.82) is 0 Å². The fraction of sp³-hybridized carbons (Fsp3) is 0.611. The number of benzene rings is 1. The van der Waals surface area contributed by atoms with Crippen LogP contribution in [0.25, 0.3) is 0 Å². The van der Waals surface area contributed by atoms with E-state index in [1.807, 2.05) is 18.2 Å². The highest BCUT2D eigenvalue weighted by atomic mass is 16.5. The summed E-state index contributed by atoms with van der Waals surface area (Å²) in [6.07, 6.45) is 2.67. The summed E-state index contributed by atoms with van der Waals surface area (Å²) in [6.45, 7) is 5.60. The first-order chi connectivity index (χ1) is 10.6. The lowest BCUT2D eigenvalue weighted by Crippen LogP contribution is -2.45. The Morgan fingerprint density at radius 2 is 2.18 bits per heavy atom. The van der Waals surface area contributed by atoms with Crippen LogP contribution in [0.3, 0.4) is 0 Å². The molecule has 122 valence electrons. The van der Waals surface area contributed by atoms with Gasteiger partial charge in [-0.25, -0.2) is 0 Å². The Hall–Kier alpha value is -1.55. The van der Waals surface area contributed by atoms with Crippen LogP contribution in [0.1, 0.15) is 32.3 Å². The number of rotatable bonds is 6. The zero-order valence-electron chi connectivity index (χ0n) is 13.8. The summed E-state index contributed by atoms with van der Waals surface area (Å²) < 4.78 is 10.8. The maximum Gasteiger partial charge on any atom is 0.225 e. The van der Waals surface area contributed by atoms with E-state index in [0.717, 1.165) is 37.2 Å². The van der Waals surface area contributed by atoms with Crippen molar-refractivity contribution >= 4 is 5.91 Å². The molecule has 0 bridgehead atoms. The number of ether oxygens (including phenoxy) is 2. The predicted molar refractivity (Wildman–Crippen MR) is 87.0 cm³/mol. The molecule has 22 heavy (non-hydrogen) atoms. The summed E-state index contributed by atoms with van der Waals surface area (Å²) in [6, 6.07) is 8.09. The van der Waals surface area contributed by atoms with Crippen molar-refractivity contribution in [2.75, 3.05) is 20.3 Å². The smallest absolute Gasteiger partial charge is 0.225 e. The molecular formula is C18H27NO3. The van der Waals surface area contributed by atoms with Crippen LogP contribution in [0.2, 0.25) is 0 Å². The van der Waals surface area contributed by atoms with E-state index < -0.39 is 0 Å². The number of carbonyl (C=O) groups is 1. The van der Waals surface area contributed by atoms with Gasteiger partial charge in [-0.15, -0.1) is 0 Å². The van der Waals surface area contributed by atoms with Gasteiger partial charge in [0.1, 0.15) is 5.75 Å². The molecule has 1 heterocycles. The molecule has 2 rings (SSSR count). The molecule has 1 aliphatic heterocycles. The predicted octanol–water partition coefficient (Wildman–Crippen LogP) is 2.81. The number of methoxy groups -OCH3 is 1. The average Bonchev–Trinajstić information content (AvgIpc) is 2.55. The highest BCUT2D eigenvalue weighted by Crippen LogP contribution is 2.22. The van der Waals surface area contributed by atoms with Crippen molar-refractivity contribution in [3.63, 3.8) is 0 Å². The molecular weight excluding hydrogens is 278 g/mol. The third-order valence-electron chi connectivity index (χ3n) is 4.30. The lowest BCUT2D eigenvalue weighted by molar-refractivity contribution is -0.130. The van der Waals surface area contributed by atoms with Crippen LogP contribution >= 0.6 is 0 Å². The van der Waals surface area contributed by atoms with Crippen LogP contribution < -0.4 is 10.1 Å². The molecule has 0 radical (unpaired) electrons. The Labute approximate surface area is 133 Å². The Bertz CT molecular complexity index is 481. The maximum absolute atomic E-state index is 12.4. The van der Waals surface area contributed by atoms with Gasteiger partial charge in [0.15, 0.2) is 0 Å². The van der Waals surface area contributed by atoms with Gasteiger partial charge in [0.25, 0.3) is 0 Å².